The molecule has 0 saturated carbocycles. The molecule has 0 radical (unpaired) electrons. The molecule has 1 aromatic heterocycles. The number of likely N-dealkylation sites (tertiary alicyclic amines) is 1. The van der Waals surface area contributed by atoms with E-state index in [2.05, 4.69) is 33.8 Å². The number of allylic oxidation sites excluding steroid dienone is 1. The Balaban J connectivity index is 1.44. The number of nitrogens with one attached hydrogen (secondary N) is 1. The number of rotatable bonds is 5. The molecule has 1 N–H and O–H groups in total. The van der Waals surface area contributed by atoms with Gasteiger partial charge in [-0.15, -0.1) is 0 Å². The molecule has 2 aliphatic heterocycles. The van der Waals surface area contributed by atoms with E-state index in [1.54, 1.807) is 0 Å². The summed E-state index contributed by atoms with van der Waals surface area (Å²) in [6, 6.07) is 8.55. The van der Waals surface area contributed by atoms with E-state index in [1.165, 1.54) is 5.56 Å². The van der Waals surface area contributed by atoms with Gasteiger partial charge in [-0.05, 0) is 49.6 Å². The van der Waals surface area contributed by atoms with Gasteiger partial charge >= 0.3 is 4.87 Å². The van der Waals surface area contributed by atoms with Crippen molar-refractivity contribution in [2.45, 2.75) is 32.4 Å². The summed E-state index contributed by atoms with van der Waals surface area (Å²) in [6.45, 7) is 9.34. The van der Waals surface area contributed by atoms with E-state index in [1.807, 2.05) is 31.2 Å². The van der Waals surface area contributed by atoms with Gasteiger partial charge in [0, 0.05) is 18.2 Å². The zero-order chi connectivity index (χ0) is 20.2. The highest BCUT2D eigenvalue weighted by molar-refractivity contribution is 7.12. The first-order valence-corrected chi connectivity index (χ1v) is 10.7. The maximum atomic E-state index is 11.3. The van der Waals surface area contributed by atoms with Crippen molar-refractivity contribution in [3.63, 3.8) is 0 Å². The highest BCUT2D eigenvalue weighted by Gasteiger charge is 2.27. The molecule has 4 rings (SSSR count). The van der Waals surface area contributed by atoms with E-state index < -0.39 is 0 Å². The van der Waals surface area contributed by atoms with Crippen molar-refractivity contribution in [3.05, 3.63) is 75.3 Å². The summed E-state index contributed by atoms with van der Waals surface area (Å²) in [5.41, 5.74) is 3.24. The Morgan fingerprint density at radius 1 is 1.31 bits per heavy atom. The second-order valence-corrected chi connectivity index (χ2v) is 8.14. The van der Waals surface area contributed by atoms with Crippen LogP contribution in [0.15, 0.2) is 64.9 Å². The van der Waals surface area contributed by atoms with Crippen LogP contribution in [0.4, 0.5) is 0 Å². The Morgan fingerprint density at radius 2 is 2.07 bits per heavy atom. The van der Waals surface area contributed by atoms with Gasteiger partial charge in [0.05, 0.1) is 0 Å². The minimum Gasteiger partial charge on any atom is -0.486 e. The van der Waals surface area contributed by atoms with Crippen molar-refractivity contribution >= 4 is 11.3 Å². The summed E-state index contributed by atoms with van der Waals surface area (Å²) in [5, 5.41) is 7.23. The molecule has 2 fully saturated rings. The quantitative estimate of drug-likeness (QED) is 0.809. The van der Waals surface area contributed by atoms with Crippen LogP contribution in [0.25, 0.3) is 10.6 Å². The van der Waals surface area contributed by atoms with Gasteiger partial charge < -0.3 is 9.47 Å². The van der Waals surface area contributed by atoms with Crippen molar-refractivity contribution in [1.82, 2.24) is 15.1 Å². The molecule has 2 aliphatic rings. The standard InChI is InChI=1S/C22H25N3O3S/c1-3-19-20(28-12-11-27-19)13-15(2)18-5-4-10-25(18)14-16-6-8-17(9-7-16)21-23-24-22(26)29-21/h3,6-9,13,18H,2,4-5,10-12,14H2,1H3,(H,24,26)/b19-3+,20-13+/t18-/m1/s1. The highest BCUT2D eigenvalue weighted by Crippen LogP contribution is 2.29. The van der Waals surface area contributed by atoms with E-state index in [-0.39, 0.29) is 4.87 Å². The second kappa shape index (κ2) is 8.80. The van der Waals surface area contributed by atoms with Crippen LogP contribution < -0.4 is 4.87 Å². The lowest BCUT2D eigenvalue weighted by Gasteiger charge is -2.26. The minimum absolute atomic E-state index is 0.134. The van der Waals surface area contributed by atoms with E-state index in [0.717, 1.165) is 64.9 Å². The fraction of sp³-hybridized carbons (Fsp3) is 0.364. The average molecular weight is 412 g/mol. The largest absolute Gasteiger partial charge is 0.486 e. The first kappa shape index (κ1) is 19.7. The van der Waals surface area contributed by atoms with Crippen LogP contribution in [0.3, 0.4) is 0 Å². The van der Waals surface area contributed by atoms with Gasteiger partial charge in [0.15, 0.2) is 11.5 Å². The molecule has 1 atom stereocenters. The van der Waals surface area contributed by atoms with Crippen molar-refractivity contribution in [2.75, 3.05) is 19.8 Å². The number of nitrogens with zero attached hydrogens (tertiary/aromatic N) is 2. The molecule has 3 heterocycles. The molecular weight excluding hydrogens is 386 g/mol. The first-order valence-electron chi connectivity index (χ1n) is 9.85. The van der Waals surface area contributed by atoms with Gasteiger partial charge in [0.25, 0.3) is 0 Å². The molecule has 2 saturated heterocycles. The minimum atomic E-state index is -0.134. The SMILES string of the molecule is C=C(/C=C1/OCCO/C1=C/C)[C@H]1CCCN1Cc1ccc(-c2n[nH]c(=O)s2)cc1. The third kappa shape index (κ3) is 4.52. The highest BCUT2D eigenvalue weighted by atomic mass is 32.1. The summed E-state index contributed by atoms with van der Waals surface area (Å²) in [7, 11) is 0. The molecule has 0 spiro atoms. The molecule has 152 valence electrons. The monoisotopic (exact) mass is 411 g/mol. The smallest absolute Gasteiger partial charge is 0.322 e. The molecule has 0 aliphatic carbocycles. The molecule has 29 heavy (non-hydrogen) atoms. The number of aromatic nitrogens is 2. The molecule has 6 nitrogen and oxygen atoms in total. The van der Waals surface area contributed by atoms with Crippen molar-refractivity contribution in [3.8, 4) is 10.6 Å². The molecule has 0 bridgehead atoms. The van der Waals surface area contributed by atoms with Crippen LogP contribution in [0, 0.1) is 0 Å². The lowest BCUT2D eigenvalue weighted by Crippen LogP contribution is -2.30. The molecule has 1 aromatic carbocycles. The van der Waals surface area contributed by atoms with Crippen molar-refractivity contribution in [1.29, 1.82) is 0 Å². The Morgan fingerprint density at radius 3 is 2.76 bits per heavy atom. The lowest BCUT2D eigenvalue weighted by molar-refractivity contribution is 0.0591. The molecular formula is C22H25N3O3S. The van der Waals surface area contributed by atoms with Crippen LogP contribution in [0.1, 0.15) is 25.3 Å². The normalized spacial score (nSPS) is 22.6. The number of hydrogen-bond acceptors (Lipinski definition) is 6. The molecule has 0 amide bonds. The van der Waals surface area contributed by atoms with Gasteiger partial charge in [-0.25, -0.2) is 5.10 Å². The fourth-order valence-electron chi connectivity index (χ4n) is 3.82. The maximum absolute atomic E-state index is 11.3. The van der Waals surface area contributed by atoms with E-state index in [0.29, 0.717) is 19.3 Å². The fourth-order valence-corrected chi connectivity index (χ4v) is 4.44. The number of H-pyrrole nitrogens is 1. The Labute approximate surface area is 174 Å². The number of hydrogen-bond donors (Lipinski definition) is 1. The molecule has 0 unspecified atom stereocenters. The first-order chi connectivity index (χ1) is 14.1. The molecule has 2 aromatic rings. The third-order valence-corrected chi connectivity index (χ3v) is 6.03. The van der Waals surface area contributed by atoms with Gasteiger partial charge in [0.2, 0.25) is 0 Å². The summed E-state index contributed by atoms with van der Waals surface area (Å²) in [4.78, 5) is 13.6. The zero-order valence-electron chi connectivity index (χ0n) is 16.5. The van der Waals surface area contributed by atoms with Gasteiger partial charge in [-0.3, -0.25) is 9.69 Å². The predicted octanol–water partition coefficient (Wildman–Crippen LogP) is 3.85. The van der Waals surface area contributed by atoms with Crippen LogP contribution in [0.2, 0.25) is 0 Å². The summed E-state index contributed by atoms with van der Waals surface area (Å²) in [5.74, 6) is 1.57. The van der Waals surface area contributed by atoms with Crippen LogP contribution in [-0.2, 0) is 16.0 Å². The molecule has 7 heteroatoms. The summed E-state index contributed by atoms with van der Waals surface area (Å²) in [6.07, 6.45) is 6.20. The summed E-state index contributed by atoms with van der Waals surface area (Å²) < 4.78 is 11.4. The van der Waals surface area contributed by atoms with Crippen LogP contribution in [0.5, 0.6) is 0 Å². The van der Waals surface area contributed by atoms with E-state index in [4.69, 9.17) is 9.47 Å². The van der Waals surface area contributed by atoms with Gasteiger partial charge in [0.1, 0.15) is 18.2 Å². The third-order valence-electron chi connectivity index (χ3n) is 5.24. The predicted molar refractivity (Wildman–Crippen MR) is 114 cm³/mol. The van der Waals surface area contributed by atoms with Gasteiger partial charge in [-0.2, -0.15) is 5.10 Å². The summed E-state index contributed by atoms with van der Waals surface area (Å²) >= 11 is 1.13. The van der Waals surface area contributed by atoms with E-state index >= 15 is 0 Å². The topological polar surface area (TPSA) is 67.5 Å². The van der Waals surface area contributed by atoms with Crippen LogP contribution >= 0.6 is 11.3 Å². The zero-order valence-corrected chi connectivity index (χ0v) is 17.3. The Bertz CT molecular complexity index is 987. The van der Waals surface area contributed by atoms with Crippen molar-refractivity contribution in [2.24, 2.45) is 0 Å². The van der Waals surface area contributed by atoms with Crippen LogP contribution in [-0.4, -0.2) is 40.9 Å². The maximum Gasteiger partial charge on any atom is 0.322 e. The lowest BCUT2D eigenvalue weighted by atomic mass is 10.0. The number of aromatic amines is 1. The number of benzene rings is 1. The average Bonchev–Trinajstić information content (AvgIpc) is 3.38. The van der Waals surface area contributed by atoms with Crippen molar-refractivity contribution < 1.29 is 9.47 Å². The van der Waals surface area contributed by atoms with E-state index in [9.17, 15) is 4.79 Å². The van der Waals surface area contributed by atoms with Gasteiger partial charge in [-0.1, -0.05) is 42.2 Å². The Hall–Kier alpha value is -2.64. The number of ether oxygens (including phenoxy) is 2. The Kier molecular flexibility index (Phi) is 5.97. The second-order valence-electron chi connectivity index (χ2n) is 7.18.